The fraction of sp³-hybridized carbons (Fsp3) is 0.522. The van der Waals surface area contributed by atoms with Gasteiger partial charge in [-0.15, -0.1) is 5.10 Å². The van der Waals surface area contributed by atoms with Gasteiger partial charge in [-0.2, -0.15) is 5.10 Å². The number of hydrogen-bond donors (Lipinski definition) is 1. The number of carbonyl (C=O) groups excluding carboxylic acids is 1. The second-order valence-electron chi connectivity index (χ2n) is 9.27. The maximum absolute atomic E-state index is 13.1. The molecule has 0 bridgehead atoms. The van der Waals surface area contributed by atoms with Crippen molar-refractivity contribution in [2.24, 2.45) is 0 Å². The minimum absolute atomic E-state index is 0.0137. The molecule has 3 heterocycles. The predicted octanol–water partition coefficient (Wildman–Crippen LogP) is 4.47. The second kappa shape index (κ2) is 8.31. The molecule has 32 heavy (non-hydrogen) atoms. The molecule has 168 valence electrons. The van der Waals surface area contributed by atoms with Crippen LogP contribution < -0.4 is 0 Å². The minimum atomic E-state index is -0.100. The van der Waals surface area contributed by atoms with Gasteiger partial charge >= 0.3 is 0 Å². The largest absolute Gasteiger partial charge is 0.335 e. The van der Waals surface area contributed by atoms with Gasteiger partial charge in [0.1, 0.15) is 12.2 Å². The lowest BCUT2D eigenvalue weighted by Gasteiger charge is -2.35. The number of nitrogens with one attached hydrogen (secondary N) is 1. The van der Waals surface area contributed by atoms with Gasteiger partial charge in [0.2, 0.25) is 11.7 Å². The van der Waals surface area contributed by atoms with Gasteiger partial charge in [0.15, 0.2) is 5.82 Å². The van der Waals surface area contributed by atoms with Crippen molar-refractivity contribution in [3.63, 3.8) is 0 Å². The number of aromatic nitrogens is 6. The van der Waals surface area contributed by atoms with Gasteiger partial charge in [-0.3, -0.25) is 9.89 Å². The average Bonchev–Trinajstić information content (AvgIpc) is 3.53. The van der Waals surface area contributed by atoms with Crippen LogP contribution in [-0.2, 0) is 10.3 Å². The molecule has 1 saturated heterocycles. The van der Waals surface area contributed by atoms with Crippen molar-refractivity contribution >= 4 is 17.5 Å². The van der Waals surface area contributed by atoms with Crippen LogP contribution in [0.3, 0.4) is 0 Å². The van der Waals surface area contributed by atoms with Gasteiger partial charge in [-0.25, -0.2) is 14.6 Å². The Bertz CT molecular complexity index is 1090. The Labute approximate surface area is 192 Å². The van der Waals surface area contributed by atoms with E-state index in [1.807, 2.05) is 29.2 Å². The summed E-state index contributed by atoms with van der Waals surface area (Å²) in [5, 5.41) is 12.4. The number of aromatic amines is 1. The van der Waals surface area contributed by atoms with E-state index in [0.29, 0.717) is 29.6 Å². The van der Waals surface area contributed by atoms with Crippen LogP contribution in [0.4, 0.5) is 0 Å². The molecule has 0 radical (unpaired) electrons. The quantitative estimate of drug-likeness (QED) is 0.615. The SMILES string of the molecule is C[C@@H](c1ccc(Cl)cc1)N1CC(c2nc(-c3ncn[nH]3)nn2C2(C)CCCCC2)CC1=O. The Morgan fingerprint density at radius 3 is 2.62 bits per heavy atom. The van der Waals surface area contributed by atoms with E-state index < -0.39 is 0 Å². The minimum Gasteiger partial charge on any atom is -0.335 e. The number of rotatable bonds is 5. The van der Waals surface area contributed by atoms with Crippen molar-refractivity contribution in [1.82, 2.24) is 34.8 Å². The highest BCUT2D eigenvalue weighted by molar-refractivity contribution is 6.30. The van der Waals surface area contributed by atoms with E-state index in [2.05, 4.69) is 33.7 Å². The van der Waals surface area contributed by atoms with E-state index in [1.165, 1.54) is 25.6 Å². The molecule has 1 aromatic carbocycles. The lowest BCUT2D eigenvalue weighted by Crippen LogP contribution is -2.36. The van der Waals surface area contributed by atoms with Crippen LogP contribution in [0.25, 0.3) is 11.6 Å². The van der Waals surface area contributed by atoms with Crippen LogP contribution in [0.1, 0.15) is 75.7 Å². The summed E-state index contributed by atoms with van der Waals surface area (Å²) in [4.78, 5) is 24.1. The number of H-pyrrole nitrogens is 1. The molecule has 2 aliphatic rings. The molecule has 1 aliphatic heterocycles. The van der Waals surface area contributed by atoms with E-state index in [1.54, 1.807) is 0 Å². The Kier molecular flexibility index (Phi) is 5.49. The summed E-state index contributed by atoms with van der Waals surface area (Å²) in [7, 11) is 0. The summed E-state index contributed by atoms with van der Waals surface area (Å²) in [6, 6.07) is 7.69. The Balaban J connectivity index is 1.47. The summed E-state index contributed by atoms with van der Waals surface area (Å²) >= 11 is 6.05. The van der Waals surface area contributed by atoms with Crippen molar-refractivity contribution in [2.45, 2.75) is 69.9 Å². The van der Waals surface area contributed by atoms with Crippen molar-refractivity contribution in [3.8, 4) is 11.6 Å². The van der Waals surface area contributed by atoms with Crippen LogP contribution in [-0.4, -0.2) is 47.3 Å². The summed E-state index contributed by atoms with van der Waals surface area (Å²) in [5.41, 5.74) is 0.975. The van der Waals surface area contributed by atoms with E-state index in [-0.39, 0.29) is 23.4 Å². The Morgan fingerprint density at radius 1 is 1.19 bits per heavy atom. The maximum Gasteiger partial charge on any atom is 0.223 e. The van der Waals surface area contributed by atoms with Gasteiger partial charge < -0.3 is 4.90 Å². The summed E-state index contributed by atoms with van der Waals surface area (Å²) < 4.78 is 2.10. The fourth-order valence-corrected chi connectivity index (χ4v) is 5.25. The molecule has 5 rings (SSSR count). The molecule has 1 unspecified atom stereocenters. The van der Waals surface area contributed by atoms with Crippen molar-refractivity contribution < 1.29 is 4.79 Å². The zero-order valence-corrected chi connectivity index (χ0v) is 19.2. The molecule has 2 aromatic heterocycles. The van der Waals surface area contributed by atoms with Crippen LogP contribution in [0.2, 0.25) is 5.02 Å². The third kappa shape index (κ3) is 3.81. The smallest absolute Gasteiger partial charge is 0.223 e. The molecule has 1 N–H and O–H groups in total. The predicted molar refractivity (Wildman–Crippen MR) is 121 cm³/mol. The molecule has 1 amide bonds. The first-order valence-electron chi connectivity index (χ1n) is 11.3. The fourth-order valence-electron chi connectivity index (χ4n) is 5.12. The second-order valence-corrected chi connectivity index (χ2v) is 9.71. The Hall–Kier alpha value is -2.74. The number of carbonyl (C=O) groups is 1. The van der Waals surface area contributed by atoms with Crippen molar-refractivity contribution in [2.75, 3.05) is 6.54 Å². The van der Waals surface area contributed by atoms with Gasteiger partial charge in [-0.1, -0.05) is 43.0 Å². The van der Waals surface area contributed by atoms with Crippen LogP contribution in [0.5, 0.6) is 0 Å². The van der Waals surface area contributed by atoms with Gasteiger partial charge in [0, 0.05) is 23.9 Å². The maximum atomic E-state index is 13.1. The summed E-state index contributed by atoms with van der Waals surface area (Å²) in [6.45, 7) is 4.95. The first-order chi connectivity index (χ1) is 15.4. The molecule has 3 aromatic rings. The number of hydrogen-bond acceptors (Lipinski definition) is 5. The highest BCUT2D eigenvalue weighted by Crippen LogP contribution is 2.40. The summed E-state index contributed by atoms with van der Waals surface area (Å²) in [6.07, 6.45) is 7.63. The highest BCUT2D eigenvalue weighted by atomic mass is 35.5. The molecular weight excluding hydrogens is 426 g/mol. The van der Waals surface area contributed by atoms with E-state index in [4.69, 9.17) is 21.7 Å². The number of likely N-dealkylation sites (tertiary alicyclic amines) is 1. The molecule has 1 aliphatic carbocycles. The van der Waals surface area contributed by atoms with E-state index >= 15 is 0 Å². The van der Waals surface area contributed by atoms with Crippen molar-refractivity contribution in [1.29, 1.82) is 0 Å². The molecule has 0 spiro atoms. The third-order valence-electron chi connectivity index (χ3n) is 7.04. The zero-order valence-electron chi connectivity index (χ0n) is 18.5. The Morgan fingerprint density at radius 2 is 1.94 bits per heavy atom. The van der Waals surface area contributed by atoms with Crippen LogP contribution in [0, 0.1) is 0 Å². The van der Waals surface area contributed by atoms with Crippen molar-refractivity contribution in [3.05, 3.63) is 47.0 Å². The molecule has 2 fully saturated rings. The lowest BCUT2D eigenvalue weighted by molar-refractivity contribution is -0.129. The summed E-state index contributed by atoms with van der Waals surface area (Å²) in [5.74, 6) is 2.10. The number of benzene rings is 1. The van der Waals surface area contributed by atoms with Gasteiger partial charge in [0.25, 0.3) is 0 Å². The number of amides is 1. The zero-order chi connectivity index (χ0) is 22.3. The van der Waals surface area contributed by atoms with Crippen LogP contribution >= 0.6 is 11.6 Å². The van der Waals surface area contributed by atoms with E-state index in [9.17, 15) is 4.79 Å². The molecule has 8 nitrogen and oxygen atoms in total. The average molecular weight is 454 g/mol. The molecular formula is C23H28ClN7O. The molecule has 1 saturated carbocycles. The van der Waals surface area contributed by atoms with Crippen LogP contribution in [0.15, 0.2) is 30.6 Å². The van der Waals surface area contributed by atoms with Gasteiger partial charge in [0.05, 0.1) is 11.6 Å². The molecule has 9 heteroatoms. The number of halogens is 1. The normalized spacial score (nSPS) is 21.8. The third-order valence-corrected chi connectivity index (χ3v) is 7.30. The lowest BCUT2D eigenvalue weighted by atomic mass is 9.83. The van der Waals surface area contributed by atoms with E-state index in [0.717, 1.165) is 24.2 Å². The monoisotopic (exact) mass is 453 g/mol. The molecule has 2 atom stereocenters. The highest BCUT2D eigenvalue weighted by Gasteiger charge is 2.40. The first kappa shape index (κ1) is 21.1. The van der Waals surface area contributed by atoms with Gasteiger partial charge in [-0.05, 0) is 44.4 Å². The topological polar surface area (TPSA) is 92.6 Å². The first-order valence-corrected chi connectivity index (χ1v) is 11.7. The number of nitrogens with zero attached hydrogens (tertiary/aromatic N) is 6. The standard InChI is InChI=1S/C23H28ClN7O/c1-15(16-6-8-18(24)9-7-16)30-13-17(12-19(30)32)22-27-21(20-25-14-26-28-20)29-31(22)23(2)10-4-3-5-11-23/h6-9,14-15,17H,3-5,10-13H2,1-2H3,(H,25,26,28)/t15-,17?/m0/s1.